The molecule has 2 aromatic carbocycles. The van der Waals surface area contributed by atoms with Gasteiger partial charge in [0, 0.05) is 11.6 Å². The lowest BCUT2D eigenvalue weighted by Gasteiger charge is -2.68. The maximum Gasteiger partial charge on any atom is 0.335 e. The Hall–Kier alpha value is -2.59. The van der Waals surface area contributed by atoms with Crippen molar-refractivity contribution in [2.45, 2.75) is 98.4 Å². The number of hydrogen-bond donors (Lipinski definition) is 2. The number of aromatic carboxylic acids is 1. The van der Waals surface area contributed by atoms with E-state index >= 15 is 0 Å². The second kappa shape index (κ2) is 11.0. The monoisotopic (exact) mass is 627 g/mol. The first-order chi connectivity index (χ1) is 21.4. The second-order valence-corrected chi connectivity index (χ2v) is 16.9. The smallest absolute Gasteiger partial charge is 0.335 e. The molecule has 0 radical (unpaired) electrons. The highest BCUT2D eigenvalue weighted by molar-refractivity contribution is 6.30. The van der Waals surface area contributed by atoms with Crippen LogP contribution in [0.3, 0.4) is 0 Å². The molecule has 4 nitrogen and oxygen atoms in total. The van der Waals surface area contributed by atoms with Gasteiger partial charge in [0.15, 0.2) is 0 Å². The summed E-state index contributed by atoms with van der Waals surface area (Å²) in [5.41, 5.74) is 4.39. The Balaban J connectivity index is 1.12. The average Bonchev–Trinajstić information content (AvgIpc) is 3.46. The van der Waals surface area contributed by atoms with Gasteiger partial charge in [0.25, 0.3) is 0 Å². The number of rotatable bonds is 5. The Labute approximate surface area is 274 Å². The first kappa shape index (κ1) is 31.0. The summed E-state index contributed by atoms with van der Waals surface area (Å²) in [5.74, 6) is 2.56. The van der Waals surface area contributed by atoms with Crippen molar-refractivity contribution in [3.63, 3.8) is 0 Å². The summed E-state index contributed by atoms with van der Waals surface area (Å²) in [7, 11) is 0. The van der Waals surface area contributed by atoms with Gasteiger partial charge in [0.1, 0.15) is 0 Å². The van der Waals surface area contributed by atoms with E-state index in [0.29, 0.717) is 53.0 Å². The molecule has 8 atom stereocenters. The van der Waals surface area contributed by atoms with Crippen LogP contribution in [0.4, 0.5) is 0 Å². The number of carbonyl (C=O) groups is 2. The van der Waals surface area contributed by atoms with Crippen molar-refractivity contribution in [3.05, 3.63) is 76.3 Å². The molecular weight excluding hydrogens is 578 g/mol. The number of fused-ring (bicyclic) bond motifs is 7. The van der Waals surface area contributed by atoms with Crippen molar-refractivity contribution in [1.82, 2.24) is 5.32 Å². The molecule has 0 saturated heterocycles. The van der Waals surface area contributed by atoms with Crippen molar-refractivity contribution >= 4 is 29.1 Å². The van der Waals surface area contributed by atoms with Crippen molar-refractivity contribution in [2.24, 2.45) is 51.2 Å². The Bertz CT molecular complexity index is 1510. The van der Waals surface area contributed by atoms with E-state index in [0.717, 1.165) is 29.8 Å². The predicted octanol–water partition coefficient (Wildman–Crippen LogP) is 9.81. The van der Waals surface area contributed by atoms with Crippen molar-refractivity contribution in [1.29, 1.82) is 0 Å². The number of carbonyl (C=O) groups excluding carboxylic acids is 1. The van der Waals surface area contributed by atoms with E-state index in [1.807, 2.05) is 36.4 Å². The Morgan fingerprint density at radius 1 is 0.822 bits per heavy atom. The summed E-state index contributed by atoms with van der Waals surface area (Å²) in [6.45, 7) is 10.7. The molecule has 1 amide bonds. The maximum atomic E-state index is 14.0. The lowest BCUT2D eigenvalue weighted by molar-refractivity contribution is -0.181. The Morgan fingerprint density at radius 2 is 1.56 bits per heavy atom. The third kappa shape index (κ3) is 4.75. The van der Waals surface area contributed by atoms with E-state index in [-0.39, 0.29) is 16.2 Å². The van der Waals surface area contributed by atoms with E-state index in [4.69, 9.17) is 11.6 Å². The number of hydrogen-bond acceptors (Lipinski definition) is 2. The van der Waals surface area contributed by atoms with E-state index in [1.54, 1.807) is 12.1 Å². The number of allylic oxidation sites excluding steroid dienone is 2. The van der Waals surface area contributed by atoms with Gasteiger partial charge in [0.2, 0.25) is 5.91 Å². The maximum absolute atomic E-state index is 14.0. The van der Waals surface area contributed by atoms with Crippen LogP contribution in [0.2, 0.25) is 5.02 Å². The summed E-state index contributed by atoms with van der Waals surface area (Å²) in [6, 6.07) is 15.4. The summed E-state index contributed by atoms with van der Waals surface area (Å²) < 4.78 is 0. The molecule has 5 heteroatoms. The van der Waals surface area contributed by atoms with Gasteiger partial charge >= 0.3 is 5.97 Å². The van der Waals surface area contributed by atoms with Gasteiger partial charge < -0.3 is 10.4 Å². The van der Waals surface area contributed by atoms with Crippen LogP contribution >= 0.6 is 11.6 Å². The van der Waals surface area contributed by atoms with Gasteiger partial charge in [-0.2, -0.15) is 0 Å². The second-order valence-electron chi connectivity index (χ2n) is 16.4. The Morgan fingerprint density at radius 3 is 2.27 bits per heavy atom. The van der Waals surface area contributed by atoms with Gasteiger partial charge in [-0.15, -0.1) is 0 Å². The predicted molar refractivity (Wildman–Crippen MR) is 181 cm³/mol. The molecule has 4 fully saturated rings. The fraction of sp³-hybridized carbons (Fsp3) is 0.600. The van der Waals surface area contributed by atoms with E-state index < -0.39 is 5.97 Å². The molecule has 5 aliphatic rings. The van der Waals surface area contributed by atoms with Gasteiger partial charge in [-0.25, -0.2) is 4.79 Å². The number of halogens is 1. The van der Waals surface area contributed by atoms with Gasteiger partial charge in [-0.3, -0.25) is 4.79 Å². The summed E-state index contributed by atoms with van der Waals surface area (Å²) >= 11 is 6.09. The molecule has 4 saturated carbocycles. The normalized spacial score (nSPS) is 38.2. The highest BCUT2D eigenvalue weighted by atomic mass is 35.5. The largest absolute Gasteiger partial charge is 0.478 e. The first-order valence-electron chi connectivity index (χ1n) is 17.5. The minimum atomic E-state index is -0.871. The molecule has 45 heavy (non-hydrogen) atoms. The molecule has 0 aromatic heterocycles. The third-order valence-electron chi connectivity index (χ3n) is 14.4. The molecule has 5 aliphatic carbocycles. The van der Waals surface area contributed by atoms with Crippen LogP contribution in [0.25, 0.3) is 5.57 Å². The summed E-state index contributed by atoms with van der Waals surface area (Å²) in [6.07, 6.45) is 14.3. The fourth-order valence-corrected chi connectivity index (χ4v) is 12.6. The molecule has 240 valence electrons. The number of benzene rings is 2. The van der Waals surface area contributed by atoms with Crippen LogP contribution in [-0.4, -0.2) is 17.0 Å². The topological polar surface area (TPSA) is 66.4 Å². The lowest BCUT2D eigenvalue weighted by Crippen LogP contribution is -2.62. The zero-order chi connectivity index (χ0) is 31.8. The minimum absolute atomic E-state index is 0.0191. The van der Waals surface area contributed by atoms with Gasteiger partial charge in [-0.05, 0) is 145 Å². The molecular formula is C40H50ClNO3. The van der Waals surface area contributed by atoms with Crippen LogP contribution in [0.5, 0.6) is 0 Å². The van der Waals surface area contributed by atoms with Crippen LogP contribution in [0.1, 0.15) is 113 Å². The van der Waals surface area contributed by atoms with Gasteiger partial charge in [0.05, 0.1) is 11.0 Å². The van der Waals surface area contributed by atoms with Crippen LogP contribution < -0.4 is 5.32 Å². The van der Waals surface area contributed by atoms with Crippen LogP contribution in [-0.2, 0) is 11.3 Å². The molecule has 2 N–H and O–H groups in total. The zero-order valence-corrected chi connectivity index (χ0v) is 28.3. The number of carboxylic acids is 1. The van der Waals surface area contributed by atoms with E-state index in [1.165, 1.54) is 56.1 Å². The number of carboxylic acid groups (broad SMARTS) is 1. The minimum Gasteiger partial charge on any atom is -0.478 e. The Kier molecular flexibility index (Phi) is 7.58. The molecule has 0 heterocycles. The van der Waals surface area contributed by atoms with Crippen LogP contribution in [0, 0.1) is 51.2 Å². The van der Waals surface area contributed by atoms with Crippen molar-refractivity contribution in [3.8, 4) is 0 Å². The molecule has 2 aromatic rings. The first-order valence-corrected chi connectivity index (χ1v) is 17.8. The average molecular weight is 628 g/mol. The summed E-state index contributed by atoms with van der Waals surface area (Å²) in [4.78, 5) is 25.5. The molecule has 0 aliphatic heterocycles. The van der Waals surface area contributed by atoms with E-state index in [2.05, 4.69) is 39.1 Å². The van der Waals surface area contributed by atoms with Crippen molar-refractivity contribution < 1.29 is 14.7 Å². The SMILES string of the molecule is CC1(C)C(c2ccc(C(=O)O)cc2)=CC[C@@]2(C)C1CC[C@@]1(C)C3CC[C@@]4(C(=O)NCc5ccc(Cl)cc5)CCCC4[C@H]3CCC12. The molecule has 0 bridgehead atoms. The molecule has 7 rings (SSSR count). The zero-order valence-electron chi connectivity index (χ0n) is 27.5. The lowest BCUT2D eigenvalue weighted by atomic mass is 9.36. The molecule has 0 spiro atoms. The standard InChI is InChI=1S/C40H50ClNO3/c1-37(2)30(26-9-11-27(12-10-26)35(43)44)17-21-39(4)33(37)19-22-38(3)31-18-23-40(20-5-6-32(40)29(31)15-16-34(38)39)36(45)42-24-25-7-13-28(41)14-8-25/h7-14,17,29,31-34H,5-6,15-16,18-24H2,1-4H3,(H,42,45)(H,43,44)/t29-,31?,32?,33?,34?,38-,39-,40-/m0/s1. The van der Waals surface area contributed by atoms with E-state index in [9.17, 15) is 14.7 Å². The van der Waals surface area contributed by atoms with Gasteiger partial charge in [-0.1, -0.05) is 76.1 Å². The highest BCUT2D eigenvalue weighted by Gasteiger charge is 2.66. The number of amides is 1. The number of nitrogens with one attached hydrogen (secondary N) is 1. The van der Waals surface area contributed by atoms with Crippen LogP contribution in [0.15, 0.2) is 54.6 Å². The summed E-state index contributed by atoms with van der Waals surface area (Å²) in [5, 5.41) is 13.5. The highest BCUT2D eigenvalue weighted by Crippen LogP contribution is 2.73. The molecule has 4 unspecified atom stereocenters. The quantitative estimate of drug-likeness (QED) is 0.347. The van der Waals surface area contributed by atoms with Crippen molar-refractivity contribution in [2.75, 3.05) is 0 Å². The third-order valence-corrected chi connectivity index (χ3v) is 14.6. The fourth-order valence-electron chi connectivity index (χ4n) is 12.5.